The van der Waals surface area contributed by atoms with E-state index in [1.54, 1.807) is 101 Å². The van der Waals surface area contributed by atoms with E-state index in [0.717, 1.165) is 125 Å². The van der Waals surface area contributed by atoms with E-state index in [4.69, 9.17) is 53.8 Å². The Kier molecular flexibility index (Phi) is 33.2. The van der Waals surface area contributed by atoms with E-state index in [0.29, 0.717) is 97.6 Å². The number of nitrogens with one attached hydrogen (secondary N) is 1. The third kappa shape index (κ3) is 24.4. The minimum absolute atomic E-state index is 0. The van der Waals surface area contributed by atoms with Gasteiger partial charge in [-0.2, -0.15) is 39.5 Å². The first kappa shape index (κ1) is 98.4. The predicted molar refractivity (Wildman–Crippen MR) is 474 cm³/mol. The summed E-state index contributed by atoms with van der Waals surface area (Å²) in [5.74, 6) is 0.596. The van der Waals surface area contributed by atoms with Gasteiger partial charge in [0.25, 0.3) is 0 Å². The molecule has 5 amide bonds. The number of hydrogen-bond acceptors (Lipinski definition) is 20. The average molecular weight is 1890 g/mol. The first-order valence-corrected chi connectivity index (χ1v) is 43.9. The van der Waals surface area contributed by atoms with E-state index in [-0.39, 0.29) is 100 Å². The second-order valence-corrected chi connectivity index (χ2v) is 35.2. The van der Waals surface area contributed by atoms with Crippen LogP contribution in [0, 0.1) is 20.8 Å². The van der Waals surface area contributed by atoms with Crippen LogP contribution in [0.4, 0.5) is 49.1 Å². The molecule has 0 aliphatic carbocycles. The molecule has 3 fully saturated rings. The van der Waals surface area contributed by atoms with Gasteiger partial charge in [0.15, 0.2) is 17.1 Å². The molecule has 3 aliphatic heterocycles. The Morgan fingerprint density at radius 2 is 0.873 bits per heavy atom. The fraction of sp³-hybridized carbons (Fsp3) is 0.425. The van der Waals surface area contributed by atoms with Gasteiger partial charge in [-0.05, 0) is 134 Å². The maximum absolute atomic E-state index is 13.6. The highest BCUT2D eigenvalue weighted by Gasteiger charge is 2.46. The number of aromatic nitrogens is 8. The topological polar surface area (TPSA) is 246 Å². The molecule has 10 heterocycles. The van der Waals surface area contributed by atoms with E-state index < -0.39 is 77.6 Å². The standard InChI is InChI=1S/C31H36ClF3N4O4S.C30H30ClF3N6O3S.C26H28ClF3N4O2S.ClH/c1-7-8-9-10-13-38(6)28(40)22-14-19(16-39(22)29(41)43-30(3,4)5)42-23-15-21(27-37-24(17-44-27)31(33,34)35)36-26-20(23)12-11-18(2)25(26)32;1-4-5-6-7-11-38(3)28(41)22-13-19(15-40(22)29(42)39-12-10-35-17-39)43-23-14-21(27-37-24(16-44-27)30(32,33)34)36-26-20(23)9-8-18(2)25(26)31;1-4-5-6-7-10-34(3)25(35)19-11-16(13-31-19)36-20-12-18(24-33-21(14-37-24)26(28,29)30)32-23-17(20)9-8-15(2)22(23)27;/h7,11-12,15,17,19,22H,1,8-10,13-14,16H2,2-6H3;4,8-10,12,14,16-17,19,22H,1,5-7,11,13,15H2,2-3H3;4,8-9,12,14,16,19,31H,1,5-7,10-11,13H2,2-3H3;1H/t2*19?,22-;16?,19-;/m000./s1. The van der Waals surface area contributed by atoms with E-state index in [2.05, 4.69) is 59.9 Å². The van der Waals surface area contributed by atoms with Crippen LogP contribution in [0.2, 0.25) is 15.1 Å². The van der Waals surface area contributed by atoms with Crippen LogP contribution in [0.1, 0.15) is 132 Å². The largest absolute Gasteiger partial charge is 0.488 e. The molecule has 676 valence electrons. The van der Waals surface area contributed by atoms with Crippen LogP contribution in [0.5, 0.6) is 17.2 Å². The summed E-state index contributed by atoms with van der Waals surface area (Å²) < 4.78 is 145. The van der Waals surface area contributed by atoms with Crippen molar-refractivity contribution < 1.29 is 82.4 Å². The number of likely N-dealkylation sites (N-methyl/N-ethyl adjacent to an activating group) is 3. The van der Waals surface area contributed by atoms with Crippen molar-refractivity contribution in [3.8, 4) is 49.4 Å². The minimum atomic E-state index is -4.60. The summed E-state index contributed by atoms with van der Waals surface area (Å²) in [5, 5.41) is 9.05. The Morgan fingerprint density at radius 1 is 0.516 bits per heavy atom. The normalized spacial score (nSPS) is 17.1. The quantitative estimate of drug-likeness (QED) is 0.0286. The van der Waals surface area contributed by atoms with Gasteiger partial charge in [-0.15, -0.1) is 66.2 Å². The van der Waals surface area contributed by atoms with Crippen LogP contribution in [-0.4, -0.2) is 196 Å². The number of benzene rings is 3. The number of hydrogen-bond donors (Lipinski definition) is 1. The predicted octanol–water partition coefficient (Wildman–Crippen LogP) is 21.4. The number of nitrogens with zero attached hydrogens (tertiary/aromatic N) is 13. The lowest BCUT2D eigenvalue weighted by Gasteiger charge is -2.30. The smallest absolute Gasteiger partial charge is 0.434 e. The zero-order chi connectivity index (χ0) is 90.7. The van der Waals surface area contributed by atoms with E-state index in [1.807, 2.05) is 37.3 Å². The molecule has 23 nitrogen and oxygen atoms in total. The molecule has 3 saturated heterocycles. The molecule has 39 heteroatoms. The van der Waals surface area contributed by atoms with Crippen LogP contribution in [-0.2, 0) is 37.6 Å². The second kappa shape index (κ2) is 42.5. The number of thiazole rings is 3. The third-order valence-corrected chi connectivity index (χ3v) is 24.8. The number of unbranched alkanes of at least 4 members (excludes halogenated alkanes) is 6. The van der Waals surface area contributed by atoms with Crippen molar-refractivity contribution in [2.45, 2.75) is 179 Å². The number of aryl methyl sites for hydroxylation is 3. The van der Waals surface area contributed by atoms with Crippen molar-refractivity contribution in [1.82, 2.24) is 69.3 Å². The summed E-state index contributed by atoms with van der Waals surface area (Å²) in [6.45, 7) is 24.1. The summed E-state index contributed by atoms with van der Waals surface area (Å²) in [7, 11) is 5.21. The number of imidazole rings is 1. The highest BCUT2D eigenvalue weighted by molar-refractivity contribution is 7.13. The van der Waals surface area contributed by atoms with Gasteiger partial charge in [-0.1, -0.05) is 71.2 Å². The van der Waals surface area contributed by atoms with Crippen LogP contribution in [0.25, 0.3) is 64.8 Å². The van der Waals surface area contributed by atoms with Crippen molar-refractivity contribution in [1.29, 1.82) is 0 Å². The van der Waals surface area contributed by atoms with Gasteiger partial charge in [-0.25, -0.2) is 44.5 Å². The van der Waals surface area contributed by atoms with Crippen LogP contribution in [0.15, 0.2) is 127 Å². The lowest BCUT2D eigenvalue weighted by Crippen LogP contribution is -2.48. The third-order valence-electron chi connectivity index (χ3n) is 20.8. The van der Waals surface area contributed by atoms with Gasteiger partial charge in [0.1, 0.15) is 91.7 Å². The van der Waals surface area contributed by atoms with Gasteiger partial charge < -0.3 is 43.9 Å². The van der Waals surface area contributed by atoms with Gasteiger partial charge >= 0.3 is 30.7 Å². The molecule has 3 aliphatic rings. The Morgan fingerprint density at radius 3 is 1.21 bits per heavy atom. The molecular weight excluding hydrogens is 1790 g/mol. The fourth-order valence-electron chi connectivity index (χ4n) is 14.2. The highest BCUT2D eigenvalue weighted by Crippen LogP contribution is 2.44. The lowest BCUT2D eigenvalue weighted by molar-refractivity contribution is -0.141. The van der Waals surface area contributed by atoms with Gasteiger partial charge in [0.2, 0.25) is 17.7 Å². The summed E-state index contributed by atoms with van der Waals surface area (Å²) in [4.78, 5) is 103. The summed E-state index contributed by atoms with van der Waals surface area (Å²) >= 11 is 22.2. The number of alkyl halides is 9. The van der Waals surface area contributed by atoms with E-state index >= 15 is 0 Å². The Labute approximate surface area is 755 Å². The number of halogens is 13. The summed E-state index contributed by atoms with van der Waals surface area (Å²) in [6.07, 6.45) is 2.61. The van der Waals surface area contributed by atoms with E-state index in [9.17, 15) is 63.5 Å². The van der Waals surface area contributed by atoms with Gasteiger partial charge in [-0.3, -0.25) is 23.9 Å². The molecule has 0 spiro atoms. The molecule has 1 N–H and O–H groups in total. The van der Waals surface area contributed by atoms with Crippen LogP contribution < -0.4 is 19.5 Å². The first-order chi connectivity index (χ1) is 59.1. The maximum atomic E-state index is 13.6. The van der Waals surface area contributed by atoms with Crippen molar-refractivity contribution in [2.24, 2.45) is 0 Å². The molecule has 3 unspecified atom stereocenters. The molecule has 13 rings (SSSR count). The number of likely N-dealkylation sites (tertiary alicyclic amines) is 2. The van der Waals surface area contributed by atoms with Crippen LogP contribution in [0.3, 0.4) is 0 Å². The van der Waals surface area contributed by atoms with Gasteiger partial charge in [0.05, 0.1) is 50.7 Å². The maximum Gasteiger partial charge on any atom is 0.434 e. The molecule has 3 aromatic carbocycles. The molecule has 7 aromatic heterocycles. The average Bonchev–Trinajstić information content (AvgIpc) is 1.46. The number of rotatable bonds is 27. The van der Waals surface area contributed by atoms with Crippen LogP contribution >= 0.6 is 81.2 Å². The molecule has 0 bridgehead atoms. The zero-order valence-electron chi connectivity index (χ0n) is 70.4. The van der Waals surface area contributed by atoms with E-state index in [1.165, 1.54) is 45.2 Å². The summed E-state index contributed by atoms with van der Waals surface area (Å²) in [6, 6.07) is 13.0. The number of allylic oxidation sites excluding steroid dienone is 3. The Hall–Kier alpha value is -9.75. The van der Waals surface area contributed by atoms with Crippen molar-refractivity contribution in [3.63, 3.8) is 0 Å². The monoisotopic (exact) mass is 1890 g/mol. The fourth-order valence-corrected chi connectivity index (χ4v) is 17.2. The van der Waals surface area contributed by atoms with Gasteiger partial charge in [0, 0.05) is 129 Å². The molecular formula is C87H95Cl4F9N14O9S3. The number of carbonyl (C=O) groups is 5. The second-order valence-electron chi connectivity index (χ2n) is 31.5. The highest BCUT2D eigenvalue weighted by atomic mass is 35.5. The minimum Gasteiger partial charge on any atom is -0.488 e. The van der Waals surface area contributed by atoms with Crippen molar-refractivity contribution in [3.05, 3.63) is 176 Å². The number of carbonyl (C=O) groups excluding carboxylic acids is 5. The molecule has 10 aromatic rings. The number of ether oxygens (including phenoxy) is 4. The Bertz CT molecular complexity index is 5580. The molecule has 126 heavy (non-hydrogen) atoms. The molecule has 0 saturated carbocycles. The first-order valence-electron chi connectivity index (χ1n) is 40.1. The molecule has 6 atom stereocenters. The number of pyridine rings is 3. The number of fused-ring (bicyclic) bond motifs is 3. The summed E-state index contributed by atoms with van der Waals surface area (Å²) in [5.41, 5.74) is 0.131. The Balaban J connectivity index is 0.000000197. The van der Waals surface area contributed by atoms with Crippen molar-refractivity contribution in [2.75, 3.05) is 60.4 Å². The zero-order valence-corrected chi connectivity index (χ0v) is 75.9. The molecule has 0 radical (unpaired) electrons. The SMILES string of the molecule is C=CCCCCN(C)C(=O)[C@@H]1CC(Oc2cc(-c3nc(C(F)(F)F)cs3)nc3c(Cl)c(C)ccc23)CN1.C=CCCCCN(C)C(=O)[C@@H]1CC(Oc2cc(-c3nc(C(F)(F)F)cs3)nc3c(Cl)c(C)ccc23)CN1C(=O)OC(C)(C)C.C=CCCCCN(C)C(=O)[C@@H]1CC(Oc2cc(-c3nc(C(F)(F)F)cs3)nc3c(Cl)c(C)ccc23)CN1C(=O)n1ccnc1.Cl. The number of amides is 5. The lowest BCUT2D eigenvalue weighted by atomic mass is 10.1. The van der Waals surface area contributed by atoms with Crippen molar-refractivity contribution >= 4 is 144 Å².